The van der Waals surface area contributed by atoms with Gasteiger partial charge < -0.3 is 14.3 Å². The van der Waals surface area contributed by atoms with Crippen molar-refractivity contribution in [3.8, 4) is 0 Å². The monoisotopic (exact) mass is 477 g/mol. The van der Waals surface area contributed by atoms with Gasteiger partial charge in [0.15, 0.2) is 5.76 Å². The van der Waals surface area contributed by atoms with Gasteiger partial charge >= 0.3 is 0 Å². The van der Waals surface area contributed by atoms with Crippen molar-refractivity contribution >= 4 is 21.8 Å². The van der Waals surface area contributed by atoms with E-state index >= 15 is 0 Å². The highest BCUT2D eigenvalue weighted by Gasteiger charge is 2.32. The second kappa shape index (κ2) is 10.4. The highest BCUT2D eigenvalue weighted by molar-refractivity contribution is 7.89. The first-order valence-corrected chi connectivity index (χ1v) is 12.4. The predicted molar refractivity (Wildman–Crippen MR) is 120 cm³/mol. The number of aromatic nitrogens is 2. The standard InChI is InChI=1S/C22H31N5O5S/c1-15-21(16(2)32-24-15)33(30,31)25-19-9-5-8-18(11-20(28)26(3)14-19)22(29)27(4)13-17-7-6-10-23-12-17/h6-7,10,12,18-19,25H,5,8-9,11,13-14H2,1-4H3/t18-,19-/m1/s1. The summed E-state index contributed by atoms with van der Waals surface area (Å²) in [6.45, 7) is 3.74. The fourth-order valence-electron chi connectivity index (χ4n) is 4.20. The van der Waals surface area contributed by atoms with E-state index in [-0.39, 0.29) is 41.1 Å². The maximum atomic E-state index is 13.1. The third kappa shape index (κ3) is 6.17. The van der Waals surface area contributed by atoms with E-state index in [9.17, 15) is 18.0 Å². The number of hydrogen-bond acceptors (Lipinski definition) is 7. The molecule has 11 heteroatoms. The Hall–Kier alpha value is -2.79. The maximum Gasteiger partial charge on any atom is 0.246 e. The zero-order valence-corrected chi connectivity index (χ0v) is 20.3. The van der Waals surface area contributed by atoms with Crippen molar-refractivity contribution in [2.75, 3.05) is 20.6 Å². The smallest absolute Gasteiger partial charge is 0.246 e. The lowest BCUT2D eigenvalue weighted by Crippen LogP contribution is -2.44. The highest BCUT2D eigenvalue weighted by Crippen LogP contribution is 2.23. The Labute approximate surface area is 194 Å². The molecule has 1 saturated heterocycles. The molecule has 0 radical (unpaired) electrons. The number of aryl methyl sites for hydroxylation is 2. The molecule has 0 aromatic carbocycles. The summed E-state index contributed by atoms with van der Waals surface area (Å²) in [5.41, 5.74) is 1.20. The Morgan fingerprint density at radius 3 is 2.73 bits per heavy atom. The molecule has 2 aromatic heterocycles. The molecule has 0 spiro atoms. The zero-order chi connectivity index (χ0) is 24.2. The van der Waals surface area contributed by atoms with E-state index in [1.807, 2.05) is 12.1 Å². The van der Waals surface area contributed by atoms with Crippen molar-refractivity contribution in [2.24, 2.45) is 5.92 Å². The normalized spacial score (nSPS) is 20.1. The SMILES string of the molecule is Cc1noc(C)c1S(=O)(=O)N[C@@H]1CCC[C@@H](C(=O)N(C)Cc2cccnc2)CC(=O)N(C)C1. The van der Waals surface area contributed by atoms with E-state index < -0.39 is 22.0 Å². The maximum absolute atomic E-state index is 13.1. The molecule has 10 nitrogen and oxygen atoms in total. The third-order valence-corrected chi connectivity index (χ3v) is 7.64. The van der Waals surface area contributed by atoms with Crippen LogP contribution in [0.2, 0.25) is 0 Å². The quantitative estimate of drug-likeness (QED) is 0.670. The minimum absolute atomic E-state index is 0.0291. The Morgan fingerprint density at radius 2 is 2.09 bits per heavy atom. The molecule has 2 aromatic rings. The number of sulfonamides is 1. The second-order valence-electron chi connectivity index (χ2n) is 8.63. The summed E-state index contributed by atoms with van der Waals surface area (Å²) in [5.74, 6) is -0.531. The number of hydrogen-bond donors (Lipinski definition) is 1. The molecule has 0 unspecified atom stereocenters. The van der Waals surface area contributed by atoms with Gasteiger partial charge in [-0.2, -0.15) is 0 Å². The summed E-state index contributed by atoms with van der Waals surface area (Å²) in [6, 6.07) is 3.23. The largest absolute Gasteiger partial charge is 0.360 e. The summed E-state index contributed by atoms with van der Waals surface area (Å²) in [4.78, 5) is 33.1. The fraction of sp³-hybridized carbons (Fsp3) is 0.545. The van der Waals surface area contributed by atoms with E-state index in [4.69, 9.17) is 4.52 Å². The summed E-state index contributed by atoms with van der Waals surface area (Å²) in [7, 11) is -0.512. The van der Waals surface area contributed by atoms with E-state index in [1.54, 1.807) is 45.2 Å². The lowest BCUT2D eigenvalue weighted by atomic mass is 9.96. The van der Waals surface area contributed by atoms with Crippen LogP contribution in [-0.4, -0.2) is 66.9 Å². The summed E-state index contributed by atoms with van der Waals surface area (Å²) < 4.78 is 33.6. The Bertz CT molecular complexity index is 1070. The Morgan fingerprint density at radius 1 is 1.33 bits per heavy atom. The molecular formula is C22H31N5O5S. The molecule has 1 N–H and O–H groups in total. The van der Waals surface area contributed by atoms with Gasteiger partial charge in [-0.1, -0.05) is 17.6 Å². The number of amides is 2. The first-order chi connectivity index (χ1) is 15.6. The average molecular weight is 478 g/mol. The number of likely N-dealkylation sites (N-methyl/N-ethyl adjacent to an activating group) is 1. The van der Waals surface area contributed by atoms with Crippen molar-refractivity contribution in [3.05, 3.63) is 41.5 Å². The van der Waals surface area contributed by atoms with Gasteiger partial charge in [0.25, 0.3) is 0 Å². The van der Waals surface area contributed by atoms with Crippen molar-refractivity contribution in [1.29, 1.82) is 0 Å². The minimum Gasteiger partial charge on any atom is -0.360 e. The first-order valence-electron chi connectivity index (χ1n) is 10.9. The van der Waals surface area contributed by atoms with Crippen LogP contribution < -0.4 is 4.72 Å². The van der Waals surface area contributed by atoms with Gasteiger partial charge in [-0.15, -0.1) is 0 Å². The fourth-order valence-corrected chi connectivity index (χ4v) is 5.79. The highest BCUT2D eigenvalue weighted by atomic mass is 32.2. The second-order valence-corrected chi connectivity index (χ2v) is 10.3. The van der Waals surface area contributed by atoms with Gasteiger partial charge in [-0.25, -0.2) is 13.1 Å². The summed E-state index contributed by atoms with van der Waals surface area (Å²) >= 11 is 0. The third-order valence-electron chi connectivity index (χ3n) is 5.87. The molecule has 2 atom stereocenters. The molecular weight excluding hydrogens is 446 g/mol. The van der Waals surface area contributed by atoms with Gasteiger partial charge in [0, 0.05) is 58.0 Å². The van der Waals surface area contributed by atoms with Crippen LogP contribution in [0.4, 0.5) is 0 Å². The van der Waals surface area contributed by atoms with Crippen LogP contribution in [0.25, 0.3) is 0 Å². The molecule has 0 aliphatic carbocycles. The van der Waals surface area contributed by atoms with E-state index in [2.05, 4.69) is 14.9 Å². The summed E-state index contributed by atoms with van der Waals surface area (Å²) in [5, 5.41) is 3.72. The number of nitrogens with zero attached hydrogens (tertiary/aromatic N) is 4. The van der Waals surface area contributed by atoms with Gasteiger partial charge in [0.2, 0.25) is 21.8 Å². The van der Waals surface area contributed by atoms with Gasteiger partial charge in [0.05, 0.1) is 0 Å². The number of pyridine rings is 1. The van der Waals surface area contributed by atoms with E-state index in [1.165, 1.54) is 4.90 Å². The molecule has 1 aliphatic heterocycles. The lowest BCUT2D eigenvalue weighted by Gasteiger charge is -2.25. The van der Waals surface area contributed by atoms with Crippen LogP contribution in [0.3, 0.4) is 0 Å². The molecule has 0 saturated carbocycles. The minimum atomic E-state index is -3.86. The van der Waals surface area contributed by atoms with Crippen molar-refractivity contribution in [2.45, 2.75) is 57.0 Å². The molecule has 3 heterocycles. The predicted octanol–water partition coefficient (Wildman–Crippen LogP) is 1.64. The van der Waals surface area contributed by atoms with Crippen LogP contribution in [0.1, 0.15) is 42.7 Å². The van der Waals surface area contributed by atoms with Crippen molar-refractivity contribution in [1.82, 2.24) is 24.7 Å². The number of nitrogens with one attached hydrogen (secondary N) is 1. The van der Waals surface area contributed by atoms with Gasteiger partial charge in [-0.05, 0) is 38.3 Å². The van der Waals surface area contributed by atoms with Gasteiger partial charge in [0.1, 0.15) is 10.6 Å². The van der Waals surface area contributed by atoms with Crippen molar-refractivity contribution in [3.63, 3.8) is 0 Å². The van der Waals surface area contributed by atoms with Crippen LogP contribution in [0.5, 0.6) is 0 Å². The number of carbonyl (C=O) groups excluding carboxylic acids is 2. The molecule has 1 aliphatic rings. The molecule has 33 heavy (non-hydrogen) atoms. The van der Waals surface area contributed by atoms with Crippen LogP contribution in [0.15, 0.2) is 33.9 Å². The van der Waals surface area contributed by atoms with E-state index in [0.29, 0.717) is 25.8 Å². The molecule has 180 valence electrons. The molecule has 3 rings (SSSR count). The zero-order valence-electron chi connectivity index (χ0n) is 19.4. The number of carbonyl (C=O) groups is 2. The van der Waals surface area contributed by atoms with Crippen LogP contribution in [-0.2, 0) is 26.2 Å². The van der Waals surface area contributed by atoms with Crippen molar-refractivity contribution < 1.29 is 22.5 Å². The molecule has 1 fully saturated rings. The van der Waals surface area contributed by atoms with Gasteiger partial charge in [-0.3, -0.25) is 14.6 Å². The molecule has 0 bridgehead atoms. The van der Waals surface area contributed by atoms with E-state index in [0.717, 1.165) is 5.56 Å². The topological polar surface area (TPSA) is 126 Å². The average Bonchev–Trinajstić information content (AvgIpc) is 3.13. The lowest BCUT2D eigenvalue weighted by molar-refractivity contribution is -0.140. The van der Waals surface area contributed by atoms with Crippen LogP contribution >= 0.6 is 0 Å². The Kier molecular flexibility index (Phi) is 7.85. The molecule has 2 amide bonds. The number of rotatable bonds is 6. The van der Waals surface area contributed by atoms with Crippen LogP contribution in [0, 0.1) is 19.8 Å². The summed E-state index contributed by atoms with van der Waals surface area (Å²) in [6.07, 6.45) is 5.08. The Balaban J connectivity index is 1.69. The first kappa shape index (κ1) is 24.8.